The van der Waals surface area contributed by atoms with Crippen LogP contribution in [0.3, 0.4) is 0 Å². The molecule has 8 heteroatoms. The van der Waals surface area contributed by atoms with Crippen molar-refractivity contribution < 1.29 is 4.39 Å². The Balaban J connectivity index is 1.74. The zero-order chi connectivity index (χ0) is 18.3. The summed E-state index contributed by atoms with van der Waals surface area (Å²) >= 11 is 13.2. The number of halogens is 3. The Bertz CT molecular complexity index is 905. The number of fused-ring (bicyclic) bond motifs is 1. The maximum Gasteiger partial charge on any atom is 0.131 e. The van der Waals surface area contributed by atoms with Crippen LogP contribution in [0.15, 0.2) is 28.1 Å². The molecule has 3 nitrogen and oxygen atoms in total. The Morgan fingerprint density at radius 1 is 1.42 bits per heavy atom. The SMILES string of the molecule is N[C@@H]1CCC[C@H](F)[C@H]1c1sc2c(NCc3cccs3)cc(Cl)nc2c1Br. The highest BCUT2D eigenvalue weighted by molar-refractivity contribution is 9.10. The van der Waals surface area contributed by atoms with Gasteiger partial charge >= 0.3 is 0 Å². The van der Waals surface area contributed by atoms with Crippen LogP contribution in [0, 0.1) is 0 Å². The fourth-order valence-electron chi connectivity index (χ4n) is 3.50. The second-order valence-electron chi connectivity index (χ2n) is 6.52. The van der Waals surface area contributed by atoms with Crippen molar-refractivity contribution in [2.45, 2.75) is 43.9 Å². The summed E-state index contributed by atoms with van der Waals surface area (Å²) in [5.74, 6) is -0.291. The van der Waals surface area contributed by atoms with Crippen LogP contribution < -0.4 is 11.1 Å². The van der Waals surface area contributed by atoms with Crippen molar-refractivity contribution in [2.24, 2.45) is 5.73 Å². The van der Waals surface area contributed by atoms with Gasteiger partial charge in [-0.05, 0) is 46.6 Å². The van der Waals surface area contributed by atoms with Crippen LogP contribution in [0.1, 0.15) is 34.9 Å². The van der Waals surface area contributed by atoms with Gasteiger partial charge < -0.3 is 11.1 Å². The molecule has 3 atom stereocenters. The Morgan fingerprint density at radius 3 is 3.00 bits per heavy atom. The molecule has 26 heavy (non-hydrogen) atoms. The predicted molar refractivity (Wildman–Crippen MR) is 113 cm³/mol. The summed E-state index contributed by atoms with van der Waals surface area (Å²) in [5, 5.41) is 5.92. The molecule has 3 aromatic heterocycles. The number of nitrogens with one attached hydrogen (secondary N) is 1. The van der Waals surface area contributed by atoms with Crippen LogP contribution in [0.2, 0.25) is 5.15 Å². The van der Waals surface area contributed by atoms with Gasteiger partial charge in [0.2, 0.25) is 0 Å². The molecule has 0 aliphatic heterocycles. The van der Waals surface area contributed by atoms with E-state index in [1.54, 1.807) is 22.7 Å². The third kappa shape index (κ3) is 3.52. The summed E-state index contributed by atoms with van der Waals surface area (Å²) in [6, 6.07) is 5.78. The number of rotatable bonds is 4. The Hall–Kier alpha value is -0.730. The highest BCUT2D eigenvalue weighted by Crippen LogP contribution is 2.47. The minimum atomic E-state index is -0.916. The number of anilines is 1. The maximum atomic E-state index is 14.7. The molecule has 0 radical (unpaired) electrons. The molecule has 0 aromatic carbocycles. The van der Waals surface area contributed by atoms with E-state index in [-0.39, 0.29) is 12.0 Å². The van der Waals surface area contributed by atoms with E-state index in [0.717, 1.165) is 38.1 Å². The minimum absolute atomic E-state index is 0.166. The minimum Gasteiger partial charge on any atom is -0.379 e. The maximum absolute atomic E-state index is 14.7. The number of thiophene rings is 2. The van der Waals surface area contributed by atoms with E-state index < -0.39 is 6.17 Å². The lowest BCUT2D eigenvalue weighted by atomic mass is 9.82. The van der Waals surface area contributed by atoms with Crippen LogP contribution in [-0.4, -0.2) is 17.2 Å². The van der Waals surface area contributed by atoms with Gasteiger partial charge in [-0.25, -0.2) is 9.37 Å². The van der Waals surface area contributed by atoms with E-state index >= 15 is 0 Å². The van der Waals surface area contributed by atoms with Crippen molar-refractivity contribution in [3.8, 4) is 0 Å². The van der Waals surface area contributed by atoms with Crippen LogP contribution >= 0.6 is 50.2 Å². The van der Waals surface area contributed by atoms with E-state index in [4.69, 9.17) is 17.3 Å². The summed E-state index contributed by atoms with van der Waals surface area (Å²) in [4.78, 5) is 6.65. The van der Waals surface area contributed by atoms with Crippen molar-refractivity contribution in [3.05, 3.63) is 43.0 Å². The van der Waals surface area contributed by atoms with Gasteiger partial charge in [0.25, 0.3) is 0 Å². The summed E-state index contributed by atoms with van der Waals surface area (Å²) in [6.07, 6.45) is 1.35. The molecular formula is C18H18BrClFN3S2. The van der Waals surface area contributed by atoms with E-state index in [9.17, 15) is 4.39 Å². The van der Waals surface area contributed by atoms with Crippen molar-refractivity contribution in [1.82, 2.24) is 4.98 Å². The number of aromatic nitrogens is 1. The number of nitrogens with two attached hydrogens (primary N) is 1. The Kier molecular flexibility index (Phi) is 5.53. The number of alkyl halides is 1. The molecule has 1 saturated carbocycles. The quantitative estimate of drug-likeness (QED) is 0.435. The van der Waals surface area contributed by atoms with Crippen molar-refractivity contribution in [3.63, 3.8) is 0 Å². The van der Waals surface area contributed by atoms with Gasteiger partial charge in [-0.1, -0.05) is 17.7 Å². The van der Waals surface area contributed by atoms with Gasteiger partial charge in [-0.15, -0.1) is 22.7 Å². The Morgan fingerprint density at radius 2 is 2.27 bits per heavy atom. The monoisotopic (exact) mass is 473 g/mol. The summed E-state index contributed by atoms with van der Waals surface area (Å²) in [7, 11) is 0. The van der Waals surface area contributed by atoms with E-state index in [0.29, 0.717) is 18.1 Å². The molecule has 3 heterocycles. The largest absolute Gasteiger partial charge is 0.379 e. The summed E-state index contributed by atoms with van der Waals surface area (Å²) in [5.41, 5.74) is 7.96. The molecule has 1 aliphatic rings. The van der Waals surface area contributed by atoms with Gasteiger partial charge in [0, 0.05) is 34.3 Å². The zero-order valence-electron chi connectivity index (χ0n) is 13.8. The average molecular weight is 475 g/mol. The highest BCUT2D eigenvalue weighted by Gasteiger charge is 2.36. The summed E-state index contributed by atoms with van der Waals surface area (Å²) < 4.78 is 16.5. The second kappa shape index (κ2) is 7.72. The first kappa shape index (κ1) is 18.6. The molecule has 3 N–H and O–H groups in total. The Labute approximate surface area is 172 Å². The molecular weight excluding hydrogens is 457 g/mol. The first-order valence-corrected chi connectivity index (χ1v) is 11.4. The predicted octanol–water partition coefficient (Wildman–Crippen LogP) is 6.32. The smallest absolute Gasteiger partial charge is 0.131 e. The second-order valence-corrected chi connectivity index (χ2v) is 9.78. The van der Waals surface area contributed by atoms with E-state index in [2.05, 4.69) is 37.7 Å². The molecule has 0 bridgehead atoms. The lowest BCUT2D eigenvalue weighted by Crippen LogP contribution is -2.37. The van der Waals surface area contributed by atoms with Crippen LogP contribution in [0.5, 0.6) is 0 Å². The van der Waals surface area contributed by atoms with E-state index in [1.165, 1.54) is 4.88 Å². The molecule has 0 unspecified atom stereocenters. The van der Waals surface area contributed by atoms with Gasteiger partial charge in [0.1, 0.15) is 11.3 Å². The van der Waals surface area contributed by atoms with Crippen molar-refractivity contribution in [2.75, 3.05) is 5.32 Å². The molecule has 0 amide bonds. The van der Waals surface area contributed by atoms with Crippen LogP contribution in [0.4, 0.5) is 10.1 Å². The molecule has 3 aromatic rings. The average Bonchev–Trinajstić information content (AvgIpc) is 3.22. The van der Waals surface area contributed by atoms with Crippen molar-refractivity contribution >= 4 is 66.1 Å². The molecule has 0 saturated heterocycles. The molecule has 4 rings (SSSR count). The van der Waals surface area contributed by atoms with Crippen molar-refractivity contribution in [1.29, 1.82) is 0 Å². The van der Waals surface area contributed by atoms with Gasteiger partial charge in [-0.3, -0.25) is 0 Å². The van der Waals surface area contributed by atoms with Gasteiger partial charge in [0.05, 0.1) is 20.4 Å². The third-order valence-corrected chi connectivity index (χ3v) is 8.23. The van der Waals surface area contributed by atoms with Crippen LogP contribution in [-0.2, 0) is 6.54 Å². The first-order valence-electron chi connectivity index (χ1n) is 8.49. The number of hydrogen-bond acceptors (Lipinski definition) is 5. The lowest BCUT2D eigenvalue weighted by molar-refractivity contribution is 0.198. The number of nitrogens with zero attached hydrogens (tertiary/aromatic N) is 1. The molecule has 138 valence electrons. The van der Waals surface area contributed by atoms with Crippen LogP contribution in [0.25, 0.3) is 10.2 Å². The zero-order valence-corrected chi connectivity index (χ0v) is 17.8. The van der Waals surface area contributed by atoms with Gasteiger partial charge in [-0.2, -0.15) is 0 Å². The van der Waals surface area contributed by atoms with Gasteiger partial charge in [0.15, 0.2) is 0 Å². The standard InChI is InChI=1S/C18H18BrClFN3S2/c19-15-16-17(26-18(15)14-10(21)4-1-5-11(14)22)12(7-13(20)24-16)23-8-9-3-2-6-25-9/h2-3,6-7,10-11,14H,1,4-5,8,22H2,(H,23,24)/t10-,11+,14+/m0/s1. The number of pyridine rings is 1. The lowest BCUT2D eigenvalue weighted by Gasteiger charge is -2.31. The number of hydrogen-bond donors (Lipinski definition) is 2. The van der Waals surface area contributed by atoms with E-state index in [1.807, 2.05) is 12.1 Å². The molecule has 1 fully saturated rings. The normalized spacial score (nSPS) is 23.5. The first-order chi connectivity index (χ1) is 12.5. The third-order valence-electron chi connectivity index (χ3n) is 4.78. The summed E-state index contributed by atoms with van der Waals surface area (Å²) in [6.45, 7) is 0.715. The molecule has 1 aliphatic carbocycles. The fourth-order valence-corrected chi connectivity index (χ4v) is 6.61. The topological polar surface area (TPSA) is 50.9 Å². The molecule has 0 spiro atoms. The highest BCUT2D eigenvalue weighted by atomic mass is 79.9. The fraction of sp³-hybridized carbons (Fsp3) is 0.389.